The number of aromatic nitrogens is 4. The van der Waals surface area contributed by atoms with Crippen molar-refractivity contribution in [2.24, 2.45) is 11.8 Å². The maximum absolute atomic E-state index is 14.6. The molecular formula is C29H35FN6O4. The average Bonchev–Trinajstić information content (AvgIpc) is 3.75. The second-order valence-electron chi connectivity index (χ2n) is 12.2. The summed E-state index contributed by atoms with van der Waals surface area (Å²) in [6.07, 6.45) is 8.24. The van der Waals surface area contributed by atoms with Crippen molar-refractivity contribution in [3.8, 4) is 0 Å². The molecule has 3 aromatic rings. The third kappa shape index (κ3) is 5.21. The Kier molecular flexibility index (Phi) is 6.42. The van der Waals surface area contributed by atoms with Crippen LogP contribution in [0.2, 0.25) is 0 Å². The van der Waals surface area contributed by atoms with Gasteiger partial charge in [-0.1, -0.05) is 0 Å². The largest absolute Gasteiger partial charge is 0.462 e. The average molecular weight is 551 g/mol. The number of rotatable bonds is 8. The number of alkyl carbamates (subject to hydrolysis) is 1. The summed E-state index contributed by atoms with van der Waals surface area (Å²) in [5.74, 6) is 0.742. The zero-order chi connectivity index (χ0) is 28.2. The Morgan fingerprint density at radius 2 is 2.05 bits per heavy atom. The molecule has 0 spiro atoms. The monoisotopic (exact) mass is 550 g/mol. The number of nitrogens with zero attached hydrogens (tertiary/aromatic N) is 5. The molecule has 1 N–H and O–H groups in total. The van der Waals surface area contributed by atoms with Crippen molar-refractivity contribution >= 4 is 23.5 Å². The highest BCUT2D eigenvalue weighted by Gasteiger charge is 2.54. The first-order valence-electron chi connectivity index (χ1n) is 14.0. The van der Waals surface area contributed by atoms with E-state index in [1.807, 2.05) is 26.8 Å². The van der Waals surface area contributed by atoms with Gasteiger partial charge in [-0.25, -0.2) is 23.5 Å². The fourth-order valence-corrected chi connectivity index (χ4v) is 5.89. The van der Waals surface area contributed by atoms with E-state index in [0.717, 1.165) is 37.1 Å². The Morgan fingerprint density at radius 1 is 1.25 bits per heavy atom. The molecule has 1 saturated heterocycles. The summed E-state index contributed by atoms with van der Waals surface area (Å²) < 4.78 is 26.8. The van der Waals surface area contributed by atoms with Crippen molar-refractivity contribution in [1.82, 2.24) is 24.9 Å². The molecule has 0 bridgehead atoms. The maximum atomic E-state index is 14.6. The minimum atomic E-state index is -0.566. The van der Waals surface area contributed by atoms with Crippen molar-refractivity contribution in [2.45, 2.75) is 77.0 Å². The Hall–Kier alpha value is -3.76. The Labute approximate surface area is 232 Å². The number of hydrogen-bond acceptors (Lipinski definition) is 8. The number of amides is 1. The Bertz CT molecular complexity index is 1460. The van der Waals surface area contributed by atoms with E-state index < -0.39 is 17.7 Å². The van der Waals surface area contributed by atoms with Crippen LogP contribution in [-0.2, 0) is 15.9 Å². The van der Waals surface area contributed by atoms with Crippen LogP contribution in [0.3, 0.4) is 0 Å². The summed E-state index contributed by atoms with van der Waals surface area (Å²) in [5.41, 5.74) is 1.55. The van der Waals surface area contributed by atoms with Crippen LogP contribution in [0.15, 0.2) is 30.7 Å². The van der Waals surface area contributed by atoms with Crippen LogP contribution in [-0.4, -0.2) is 55.9 Å². The number of esters is 1. The van der Waals surface area contributed by atoms with E-state index in [0.29, 0.717) is 41.7 Å². The van der Waals surface area contributed by atoms with Gasteiger partial charge < -0.3 is 19.7 Å². The summed E-state index contributed by atoms with van der Waals surface area (Å²) in [6, 6.07) is 3.40. The first-order chi connectivity index (χ1) is 19.1. The molecule has 3 fully saturated rings. The van der Waals surface area contributed by atoms with Gasteiger partial charge in [0.2, 0.25) is 0 Å². The summed E-state index contributed by atoms with van der Waals surface area (Å²) in [7, 11) is 0. The molecule has 0 aromatic carbocycles. The number of halogens is 1. The summed E-state index contributed by atoms with van der Waals surface area (Å²) in [4.78, 5) is 36.4. The highest BCUT2D eigenvalue weighted by atomic mass is 19.1. The highest BCUT2D eigenvalue weighted by Crippen LogP contribution is 2.58. The third-order valence-corrected chi connectivity index (χ3v) is 8.04. The number of piperidine rings is 1. The Morgan fingerprint density at radius 3 is 2.77 bits per heavy atom. The minimum Gasteiger partial charge on any atom is -0.462 e. The standard InChI is InChI=1S/C29H35FN6O4/c1-5-39-26(37)21-15-32-36-11-7-23(33-25(21)36)35-16-17-12-19(17)24(35)20-13-18(30)14-31-22(20)6-8-29(9-10-29)34-27(38)40-28(2,3)4/h7,11,13-15,17,19,24H,5-6,8-10,12,16H2,1-4H3,(H,34,38)/t17-,19-,24-/m1/s1. The third-order valence-electron chi connectivity index (χ3n) is 8.04. The molecular weight excluding hydrogens is 515 g/mol. The molecule has 10 nitrogen and oxygen atoms in total. The van der Waals surface area contributed by atoms with Crippen molar-refractivity contribution in [1.29, 1.82) is 0 Å². The molecule has 2 aliphatic carbocycles. The second kappa shape index (κ2) is 9.71. The first-order valence-corrected chi connectivity index (χ1v) is 14.0. The van der Waals surface area contributed by atoms with Gasteiger partial charge in [-0.15, -0.1) is 0 Å². The molecule has 3 aliphatic rings. The van der Waals surface area contributed by atoms with Crippen molar-refractivity contribution < 1.29 is 23.5 Å². The van der Waals surface area contributed by atoms with E-state index in [1.54, 1.807) is 23.7 Å². The van der Waals surface area contributed by atoms with Crippen LogP contribution in [0.25, 0.3) is 5.65 Å². The van der Waals surface area contributed by atoms with Gasteiger partial charge in [0, 0.05) is 24.0 Å². The molecule has 1 aliphatic heterocycles. The fourth-order valence-electron chi connectivity index (χ4n) is 5.89. The van der Waals surface area contributed by atoms with Gasteiger partial charge in [-0.05, 0) is 89.3 Å². The molecule has 6 rings (SSSR count). The van der Waals surface area contributed by atoms with Crippen LogP contribution in [0.1, 0.15) is 81.0 Å². The SMILES string of the molecule is CCOC(=O)c1cnn2ccc(N3C[C@H]4C[C@H]4[C@@H]3c3cc(F)cnc3CCC3(NC(=O)OC(C)(C)C)CC3)nc12. The molecule has 2 saturated carbocycles. The van der Waals surface area contributed by atoms with Gasteiger partial charge in [-0.3, -0.25) is 4.98 Å². The van der Waals surface area contributed by atoms with E-state index in [2.05, 4.69) is 20.3 Å². The zero-order valence-corrected chi connectivity index (χ0v) is 23.3. The van der Waals surface area contributed by atoms with Crippen LogP contribution >= 0.6 is 0 Å². The van der Waals surface area contributed by atoms with Crippen molar-refractivity contribution in [2.75, 3.05) is 18.1 Å². The number of ether oxygens (including phenoxy) is 2. The molecule has 0 radical (unpaired) electrons. The molecule has 40 heavy (non-hydrogen) atoms. The van der Waals surface area contributed by atoms with E-state index in [9.17, 15) is 14.0 Å². The predicted octanol–water partition coefficient (Wildman–Crippen LogP) is 4.63. The first kappa shape index (κ1) is 26.5. The number of carbonyl (C=O) groups excluding carboxylic acids is 2. The van der Waals surface area contributed by atoms with Gasteiger partial charge >= 0.3 is 12.1 Å². The minimum absolute atomic E-state index is 0.0823. The van der Waals surface area contributed by atoms with E-state index in [4.69, 9.17) is 14.5 Å². The zero-order valence-electron chi connectivity index (χ0n) is 23.3. The highest BCUT2D eigenvalue weighted by molar-refractivity contribution is 5.95. The number of anilines is 1. The van der Waals surface area contributed by atoms with Gasteiger partial charge in [-0.2, -0.15) is 5.10 Å². The second-order valence-corrected chi connectivity index (χ2v) is 12.2. The lowest BCUT2D eigenvalue weighted by Gasteiger charge is -2.30. The number of hydrogen-bond donors (Lipinski definition) is 1. The van der Waals surface area contributed by atoms with E-state index >= 15 is 0 Å². The quantitative estimate of drug-likeness (QED) is 0.404. The molecule has 11 heteroatoms. The molecule has 3 atom stereocenters. The number of pyridine rings is 1. The molecule has 4 heterocycles. The summed E-state index contributed by atoms with van der Waals surface area (Å²) in [6.45, 7) is 8.34. The normalized spacial score (nSPS) is 22.6. The van der Waals surface area contributed by atoms with Gasteiger partial charge in [0.05, 0.1) is 25.0 Å². The van der Waals surface area contributed by atoms with Crippen molar-refractivity contribution in [3.05, 3.63) is 53.4 Å². The van der Waals surface area contributed by atoms with Crippen LogP contribution in [0.5, 0.6) is 0 Å². The lowest BCUT2D eigenvalue weighted by molar-refractivity contribution is 0.0490. The van der Waals surface area contributed by atoms with E-state index in [-0.39, 0.29) is 24.0 Å². The number of nitrogens with one attached hydrogen (secondary N) is 1. The van der Waals surface area contributed by atoms with Gasteiger partial charge in [0.25, 0.3) is 0 Å². The topological polar surface area (TPSA) is 111 Å². The van der Waals surface area contributed by atoms with Crippen LogP contribution < -0.4 is 10.2 Å². The van der Waals surface area contributed by atoms with E-state index in [1.165, 1.54) is 12.4 Å². The number of carbonyl (C=O) groups is 2. The Balaban J connectivity index is 1.26. The number of fused-ring (bicyclic) bond motifs is 2. The molecule has 212 valence electrons. The molecule has 3 aromatic heterocycles. The summed E-state index contributed by atoms with van der Waals surface area (Å²) in [5, 5.41) is 7.30. The summed E-state index contributed by atoms with van der Waals surface area (Å²) >= 11 is 0. The maximum Gasteiger partial charge on any atom is 0.408 e. The lowest BCUT2D eigenvalue weighted by atomic mass is 9.96. The van der Waals surface area contributed by atoms with Crippen LogP contribution in [0, 0.1) is 17.7 Å². The predicted molar refractivity (Wildman–Crippen MR) is 144 cm³/mol. The smallest absolute Gasteiger partial charge is 0.408 e. The molecule has 0 unspecified atom stereocenters. The van der Waals surface area contributed by atoms with Gasteiger partial charge in [0.15, 0.2) is 5.65 Å². The van der Waals surface area contributed by atoms with Gasteiger partial charge in [0.1, 0.15) is 22.8 Å². The van der Waals surface area contributed by atoms with Crippen LogP contribution in [0.4, 0.5) is 15.0 Å². The number of aryl methyl sites for hydroxylation is 1. The van der Waals surface area contributed by atoms with Crippen molar-refractivity contribution in [3.63, 3.8) is 0 Å². The lowest BCUT2D eigenvalue weighted by Crippen LogP contribution is -2.41. The molecule has 1 amide bonds. The fraction of sp³-hybridized carbons (Fsp3) is 0.552.